The fourth-order valence-corrected chi connectivity index (χ4v) is 2.71. The molecular formula is C16H20N4O3. The molecule has 0 aromatic carbocycles. The summed E-state index contributed by atoms with van der Waals surface area (Å²) in [6, 6.07) is 5.51. The Morgan fingerprint density at radius 1 is 1.30 bits per heavy atom. The first kappa shape index (κ1) is 15.6. The van der Waals surface area contributed by atoms with Crippen molar-refractivity contribution in [2.24, 2.45) is 0 Å². The number of rotatable bonds is 4. The predicted octanol–water partition coefficient (Wildman–Crippen LogP) is 1.70. The number of pyridine rings is 1. The summed E-state index contributed by atoms with van der Waals surface area (Å²) in [6.45, 7) is 5.22. The molecule has 23 heavy (non-hydrogen) atoms. The Labute approximate surface area is 134 Å². The molecule has 3 heterocycles. The number of hydrogen-bond acceptors (Lipinski definition) is 6. The van der Waals surface area contributed by atoms with E-state index in [1.165, 1.54) is 0 Å². The monoisotopic (exact) mass is 316 g/mol. The Morgan fingerprint density at radius 3 is 2.78 bits per heavy atom. The van der Waals surface area contributed by atoms with E-state index in [0.29, 0.717) is 43.3 Å². The maximum Gasteiger partial charge on any atom is 0.227 e. The Bertz CT molecular complexity index is 648. The zero-order valence-electron chi connectivity index (χ0n) is 13.3. The van der Waals surface area contributed by atoms with Crippen LogP contribution < -0.4 is 0 Å². The fourth-order valence-electron chi connectivity index (χ4n) is 2.71. The lowest BCUT2D eigenvalue weighted by Crippen LogP contribution is -2.48. The van der Waals surface area contributed by atoms with Crippen molar-refractivity contribution < 1.29 is 14.1 Å². The van der Waals surface area contributed by atoms with Gasteiger partial charge in [0.25, 0.3) is 0 Å². The molecular weight excluding hydrogens is 296 g/mol. The van der Waals surface area contributed by atoms with Gasteiger partial charge < -0.3 is 14.2 Å². The summed E-state index contributed by atoms with van der Waals surface area (Å²) in [4.78, 5) is 22.6. The van der Waals surface area contributed by atoms with Crippen LogP contribution in [0.5, 0.6) is 0 Å². The summed E-state index contributed by atoms with van der Waals surface area (Å²) in [6.07, 6.45) is 2.60. The van der Waals surface area contributed by atoms with Gasteiger partial charge in [0.1, 0.15) is 5.69 Å². The molecule has 1 saturated heterocycles. The van der Waals surface area contributed by atoms with Gasteiger partial charge in [-0.1, -0.05) is 11.2 Å². The number of hydrogen-bond donors (Lipinski definition) is 0. The van der Waals surface area contributed by atoms with E-state index in [1.807, 2.05) is 36.9 Å². The van der Waals surface area contributed by atoms with Crippen LogP contribution in [0, 0.1) is 0 Å². The van der Waals surface area contributed by atoms with Gasteiger partial charge in [0.05, 0.1) is 12.2 Å². The van der Waals surface area contributed by atoms with E-state index in [2.05, 4.69) is 15.1 Å². The van der Waals surface area contributed by atoms with Crippen molar-refractivity contribution in [3.8, 4) is 11.5 Å². The molecule has 1 aliphatic heterocycles. The lowest BCUT2D eigenvalue weighted by Gasteiger charge is -2.35. The Hall–Kier alpha value is -2.28. The molecule has 0 N–H and O–H groups in total. The van der Waals surface area contributed by atoms with E-state index in [4.69, 9.17) is 9.26 Å². The second kappa shape index (κ2) is 6.87. The van der Waals surface area contributed by atoms with Crippen LogP contribution in [0.1, 0.15) is 26.2 Å². The molecule has 0 spiro atoms. The normalized spacial score (nSPS) is 21.4. The highest BCUT2D eigenvalue weighted by Gasteiger charge is 2.25. The molecule has 1 aliphatic rings. The predicted molar refractivity (Wildman–Crippen MR) is 82.4 cm³/mol. The molecule has 122 valence electrons. The number of carbonyl (C=O) groups excluding carboxylic acids is 1. The number of amides is 1. The number of aromatic nitrogens is 3. The molecule has 3 rings (SSSR count). The number of aryl methyl sites for hydroxylation is 1. The van der Waals surface area contributed by atoms with Crippen LogP contribution in [-0.4, -0.2) is 51.2 Å². The topological polar surface area (TPSA) is 81.4 Å². The Kier molecular flexibility index (Phi) is 4.66. The van der Waals surface area contributed by atoms with Crippen LogP contribution in [-0.2, 0) is 16.0 Å². The van der Waals surface area contributed by atoms with Crippen molar-refractivity contribution in [2.75, 3.05) is 13.1 Å². The van der Waals surface area contributed by atoms with Gasteiger partial charge >= 0.3 is 0 Å². The average Bonchev–Trinajstić information content (AvgIpc) is 3.01. The summed E-state index contributed by atoms with van der Waals surface area (Å²) in [5, 5.41) is 3.91. The molecule has 0 radical (unpaired) electrons. The van der Waals surface area contributed by atoms with Gasteiger partial charge in [0.15, 0.2) is 0 Å². The minimum Gasteiger partial charge on any atom is -0.372 e. The summed E-state index contributed by atoms with van der Waals surface area (Å²) in [7, 11) is 0. The van der Waals surface area contributed by atoms with Gasteiger partial charge in [-0.15, -0.1) is 0 Å². The van der Waals surface area contributed by atoms with Crippen LogP contribution in [0.2, 0.25) is 0 Å². The standard InChI is InChI=1S/C16H20N4O3/c1-11-9-20(10-12(2)22-11)15(21)7-6-14-18-16(19-23-14)13-5-3-4-8-17-13/h3-5,8,11-12H,6-7,9-10H2,1-2H3. The number of ether oxygens (including phenoxy) is 1. The molecule has 0 aliphatic carbocycles. The molecule has 0 bridgehead atoms. The van der Waals surface area contributed by atoms with Crippen LogP contribution in [0.4, 0.5) is 0 Å². The second-order valence-corrected chi connectivity index (χ2v) is 5.78. The third-order valence-electron chi connectivity index (χ3n) is 3.69. The minimum atomic E-state index is 0.0712. The molecule has 2 aromatic rings. The maximum absolute atomic E-state index is 12.3. The zero-order valence-corrected chi connectivity index (χ0v) is 13.3. The van der Waals surface area contributed by atoms with E-state index in [1.54, 1.807) is 6.20 Å². The molecule has 7 heteroatoms. The number of nitrogens with zero attached hydrogens (tertiary/aromatic N) is 4. The highest BCUT2D eigenvalue weighted by molar-refractivity contribution is 5.76. The lowest BCUT2D eigenvalue weighted by molar-refractivity contribution is -0.143. The summed E-state index contributed by atoms with van der Waals surface area (Å²) in [5.74, 6) is 0.986. The van der Waals surface area contributed by atoms with E-state index in [0.717, 1.165) is 0 Å². The van der Waals surface area contributed by atoms with Crippen molar-refractivity contribution in [2.45, 2.75) is 38.9 Å². The lowest BCUT2D eigenvalue weighted by atomic mass is 10.2. The molecule has 2 aromatic heterocycles. The molecule has 2 unspecified atom stereocenters. The van der Waals surface area contributed by atoms with Gasteiger partial charge in [-0.2, -0.15) is 4.98 Å². The highest BCUT2D eigenvalue weighted by Crippen LogP contribution is 2.15. The minimum absolute atomic E-state index is 0.0712. The zero-order chi connectivity index (χ0) is 16.2. The first-order valence-electron chi connectivity index (χ1n) is 7.79. The first-order valence-corrected chi connectivity index (χ1v) is 7.79. The summed E-state index contributed by atoms with van der Waals surface area (Å²) < 4.78 is 10.8. The number of carbonyl (C=O) groups is 1. The second-order valence-electron chi connectivity index (χ2n) is 5.78. The highest BCUT2D eigenvalue weighted by atomic mass is 16.5. The SMILES string of the molecule is CC1CN(C(=O)CCc2nc(-c3ccccn3)no2)CC(C)O1. The van der Waals surface area contributed by atoms with Gasteiger partial charge in [0, 0.05) is 32.1 Å². The number of morpholine rings is 1. The Morgan fingerprint density at radius 2 is 2.09 bits per heavy atom. The van der Waals surface area contributed by atoms with Crippen molar-refractivity contribution in [1.29, 1.82) is 0 Å². The van der Waals surface area contributed by atoms with Crippen molar-refractivity contribution in [3.63, 3.8) is 0 Å². The fraction of sp³-hybridized carbons (Fsp3) is 0.500. The van der Waals surface area contributed by atoms with Gasteiger partial charge in [0.2, 0.25) is 17.6 Å². The van der Waals surface area contributed by atoms with Crippen LogP contribution in [0.15, 0.2) is 28.9 Å². The van der Waals surface area contributed by atoms with Gasteiger partial charge in [-0.3, -0.25) is 9.78 Å². The third kappa shape index (κ3) is 3.92. The molecule has 0 saturated carbocycles. The maximum atomic E-state index is 12.3. The van der Waals surface area contributed by atoms with E-state index >= 15 is 0 Å². The Balaban J connectivity index is 1.56. The van der Waals surface area contributed by atoms with E-state index in [-0.39, 0.29) is 18.1 Å². The molecule has 2 atom stereocenters. The molecule has 1 amide bonds. The van der Waals surface area contributed by atoms with Crippen molar-refractivity contribution in [3.05, 3.63) is 30.3 Å². The largest absolute Gasteiger partial charge is 0.372 e. The molecule has 1 fully saturated rings. The van der Waals surface area contributed by atoms with Crippen molar-refractivity contribution >= 4 is 5.91 Å². The quantitative estimate of drug-likeness (QED) is 0.854. The van der Waals surface area contributed by atoms with Gasteiger partial charge in [-0.05, 0) is 26.0 Å². The van der Waals surface area contributed by atoms with Crippen LogP contribution >= 0.6 is 0 Å². The van der Waals surface area contributed by atoms with E-state index in [9.17, 15) is 4.79 Å². The van der Waals surface area contributed by atoms with Crippen LogP contribution in [0.3, 0.4) is 0 Å². The van der Waals surface area contributed by atoms with E-state index < -0.39 is 0 Å². The first-order chi connectivity index (χ1) is 11.1. The molecule has 7 nitrogen and oxygen atoms in total. The van der Waals surface area contributed by atoms with Crippen LogP contribution in [0.25, 0.3) is 11.5 Å². The smallest absolute Gasteiger partial charge is 0.227 e. The average molecular weight is 316 g/mol. The van der Waals surface area contributed by atoms with Crippen molar-refractivity contribution in [1.82, 2.24) is 20.0 Å². The van der Waals surface area contributed by atoms with Gasteiger partial charge in [-0.25, -0.2) is 0 Å². The summed E-state index contributed by atoms with van der Waals surface area (Å²) in [5.41, 5.74) is 0.657. The summed E-state index contributed by atoms with van der Waals surface area (Å²) >= 11 is 0. The third-order valence-corrected chi connectivity index (χ3v) is 3.69.